The minimum absolute atomic E-state index is 0.0816. The second-order valence-corrected chi connectivity index (χ2v) is 5.33. The molecule has 1 aromatic carbocycles. The van der Waals surface area contributed by atoms with Crippen molar-refractivity contribution in [3.05, 3.63) is 30.5 Å². The van der Waals surface area contributed by atoms with Crippen LogP contribution in [0.15, 0.2) is 30.5 Å². The molecule has 0 atom stereocenters. The third-order valence-corrected chi connectivity index (χ3v) is 3.14. The maximum absolute atomic E-state index is 11.8. The number of amides is 1. The molecule has 0 spiro atoms. The molecule has 0 saturated carbocycles. The number of hydrogen-bond acceptors (Lipinski definition) is 3. The number of carboxylic acids is 1. The second-order valence-electron chi connectivity index (χ2n) is 5.33. The van der Waals surface area contributed by atoms with Crippen LogP contribution in [0.3, 0.4) is 0 Å². The van der Waals surface area contributed by atoms with E-state index in [0.717, 1.165) is 10.9 Å². The molecule has 0 aliphatic rings. The summed E-state index contributed by atoms with van der Waals surface area (Å²) in [5.41, 5.74) is 1.51. The first-order chi connectivity index (χ1) is 10.5. The number of carbonyl (C=O) groups excluding carboxylic acids is 1. The molecule has 1 aromatic heterocycles. The van der Waals surface area contributed by atoms with E-state index >= 15 is 0 Å². The van der Waals surface area contributed by atoms with E-state index in [1.54, 1.807) is 22.9 Å². The van der Waals surface area contributed by atoms with Crippen LogP contribution in [-0.4, -0.2) is 34.3 Å². The molecule has 0 bridgehead atoms. The lowest BCUT2D eigenvalue weighted by atomic mass is 10.2. The lowest BCUT2D eigenvalue weighted by Crippen LogP contribution is -2.15. The van der Waals surface area contributed by atoms with Crippen LogP contribution in [0.1, 0.15) is 20.3 Å². The van der Waals surface area contributed by atoms with Gasteiger partial charge in [-0.05, 0) is 38.1 Å². The average Bonchev–Trinajstić information content (AvgIpc) is 2.80. The standard InChI is InChI=1S/C16H20N2O4/c1-11(2)22-8-6-15(19)17-13-3-4-14-12(9-13)5-7-18(14)10-16(20)21/h3-5,7,9,11H,6,8,10H2,1-2H3,(H,17,19)(H,20,21). The molecule has 0 radical (unpaired) electrons. The Labute approximate surface area is 128 Å². The van der Waals surface area contributed by atoms with Crippen LogP contribution in [0.2, 0.25) is 0 Å². The topological polar surface area (TPSA) is 80.6 Å². The van der Waals surface area contributed by atoms with Gasteiger partial charge in [0.25, 0.3) is 0 Å². The summed E-state index contributed by atoms with van der Waals surface area (Å²) in [6.45, 7) is 4.16. The number of ether oxygens (including phenoxy) is 1. The number of rotatable bonds is 7. The van der Waals surface area contributed by atoms with Gasteiger partial charge in [-0.15, -0.1) is 0 Å². The van der Waals surface area contributed by atoms with Crippen LogP contribution >= 0.6 is 0 Å². The Kier molecular flexibility index (Phi) is 5.16. The molecule has 2 rings (SSSR count). The van der Waals surface area contributed by atoms with Crippen LogP contribution < -0.4 is 5.32 Å². The van der Waals surface area contributed by atoms with Crippen molar-refractivity contribution in [2.45, 2.75) is 32.9 Å². The Morgan fingerprint density at radius 2 is 2.09 bits per heavy atom. The summed E-state index contributed by atoms with van der Waals surface area (Å²) in [5, 5.41) is 12.5. The Hall–Kier alpha value is -2.34. The zero-order valence-corrected chi connectivity index (χ0v) is 12.7. The second kappa shape index (κ2) is 7.09. The fourth-order valence-corrected chi connectivity index (χ4v) is 2.17. The zero-order valence-electron chi connectivity index (χ0n) is 12.7. The number of nitrogens with one attached hydrogen (secondary N) is 1. The number of benzene rings is 1. The van der Waals surface area contributed by atoms with Crippen molar-refractivity contribution >= 4 is 28.5 Å². The molecule has 6 heteroatoms. The summed E-state index contributed by atoms with van der Waals surface area (Å²) in [4.78, 5) is 22.6. The zero-order chi connectivity index (χ0) is 16.1. The molecule has 1 amide bonds. The smallest absolute Gasteiger partial charge is 0.323 e. The summed E-state index contributed by atoms with van der Waals surface area (Å²) in [6, 6.07) is 7.23. The summed E-state index contributed by atoms with van der Waals surface area (Å²) in [6.07, 6.45) is 2.13. The Morgan fingerprint density at radius 3 is 2.77 bits per heavy atom. The Balaban J connectivity index is 2.01. The van der Waals surface area contributed by atoms with E-state index in [0.29, 0.717) is 18.7 Å². The number of aliphatic carboxylic acids is 1. The number of anilines is 1. The maximum atomic E-state index is 11.8. The number of carboxylic acid groups (broad SMARTS) is 1. The van der Waals surface area contributed by atoms with E-state index in [4.69, 9.17) is 9.84 Å². The number of aromatic nitrogens is 1. The lowest BCUT2D eigenvalue weighted by molar-refractivity contribution is -0.137. The van der Waals surface area contributed by atoms with Crippen molar-refractivity contribution in [1.82, 2.24) is 4.57 Å². The first-order valence-electron chi connectivity index (χ1n) is 7.18. The van der Waals surface area contributed by atoms with Gasteiger partial charge in [0.15, 0.2) is 0 Å². The van der Waals surface area contributed by atoms with E-state index in [1.165, 1.54) is 0 Å². The summed E-state index contributed by atoms with van der Waals surface area (Å²) in [7, 11) is 0. The number of hydrogen-bond donors (Lipinski definition) is 2. The highest BCUT2D eigenvalue weighted by atomic mass is 16.5. The SMILES string of the molecule is CC(C)OCCC(=O)Nc1ccc2c(ccn2CC(=O)O)c1. The first kappa shape index (κ1) is 16.0. The molecular formula is C16H20N2O4. The predicted octanol–water partition coefficient (Wildman–Crippen LogP) is 2.48. The third-order valence-electron chi connectivity index (χ3n) is 3.14. The minimum Gasteiger partial charge on any atom is -0.480 e. The molecule has 0 fully saturated rings. The third kappa shape index (κ3) is 4.33. The van der Waals surface area contributed by atoms with Gasteiger partial charge in [-0.2, -0.15) is 0 Å². The molecule has 2 N–H and O–H groups in total. The van der Waals surface area contributed by atoms with Crippen LogP contribution in [0, 0.1) is 0 Å². The summed E-state index contributed by atoms with van der Waals surface area (Å²) in [5.74, 6) is -0.995. The molecular weight excluding hydrogens is 284 g/mol. The van der Waals surface area contributed by atoms with E-state index < -0.39 is 5.97 Å². The van der Waals surface area contributed by atoms with Crippen molar-refractivity contribution in [2.75, 3.05) is 11.9 Å². The molecule has 6 nitrogen and oxygen atoms in total. The van der Waals surface area contributed by atoms with Crippen LogP contribution in [0.25, 0.3) is 10.9 Å². The fourth-order valence-electron chi connectivity index (χ4n) is 2.17. The van der Waals surface area contributed by atoms with Crippen LogP contribution in [0.4, 0.5) is 5.69 Å². The van der Waals surface area contributed by atoms with Gasteiger partial charge < -0.3 is 19.7 Å². The highest BCUT2D eigenvalue weighted by molar-refractivity contribution is 5.94. The normalized spacial score (nSPS) is 11.0. The highest BCUT2D eigenvalue weighted by Crippen LogP contribution is 2.20. The van der Waals surface area contributed by atoms with Gasteiger partial charge >= 0.3 is 5.97 Å². The van der Waals surface area contributed by atoms with Crippen molar-refractivity contribution in [2.24, 2.45) is 0 Å². The summed E-state index contributed by atoms with van der Waals surface area (Å²) < 4.78 is 6.99. The quantitative estimate of drug-likeness (QED) is 0.823. The summed E-state index contributed by atoms with van der Waals surface area (Å²) >= 11 is 0. The van der Waals surface area contributed by atoms with Gasteiger partial charge in [0.2, 0.25) is 5.91 Å². The van der Waals surface area contributed by atoms with Gasteiger partial charge in [-0.1, -0.05) is 0 Å². The van der Waals surface area contributed by atoms with Gasteiger partial charge in [0.1, 0.15) is 6.54 Å². The molecule has 0 unspecified atom stereocenters. The number of carbonyl (C=O) groups is 2. The molecule has 2 aromatic rings. The number of nitrogens with zero attached hydrogens (tertiary/aromatic N) is 1. The van der Waals surface area contributed by atoms with Crippen molar-refractivity contribution in [1.29, 1.82) is 0 Å². The highest BCUT2D eigenvalue weighted by Gasteiger charge is 2.07. The van der Waals surface area contributed by atoms with Crippen LogP contribution in [0.5, 0.6) is 0 Å². The molecule has 118 valence electrons. The minimum atomic E-state index is -0.889. The van der Waals surface area contributed by atoms with Gasteiger partial charge in [0.05, 0.1) is 19.1 Å². The average molecular weight is 304 g/mol. The van der Waals surface area contributed by atoms with Crippen LogP contribution in [-0.2, 0) is 20.9 Å². The van der Waals surface area contributed by atoms with E-state index in [2.05, 4.69) is 5.32 Å². The van der Waals surface area contributed by atoms with E-state index in [1.807, 2.05) is 26.0 Å². The van der Waals surface area contributed by atoms with Crippen molar-refractivity contribution in [3.63, 3.8) is 0 Å². The molecule has 0 saturated heterocycles. The number of fused-ring (bicyclic) bond motifs is 1. The monoisotopic (exact) mass is 304 g/mol. The van der Waals surface area contributed by atoms with Crippen molar-refractivity contribution < 1.29 is 19.4 Å². The largest absolute Gasteiger partial charge is 0.480 e. The van der Waals surface area contributed by atoms with Gasteiger partial charge in [0, 0.05) is 22.8 Å². The molecule has 0 aliphatic heterocycles. The van der Waals surface area contributed by atoms with E-state index in [9.17, 15) is 9.59 Å². The van der Waals surface area contributed by atoms with Gasteiger partial charge in [-0.3, -0.25) is 9.59 Å². The molecule has 22 heavy (non-hydrogen) atoms. The van der Waals surface area contributed by atoms with Crippen molar-refractivity contribution in [3.8, 4) is 0 Å². The van der Waals surface area contributed by atoms with Gasteiger partial charge in [-0.25, -0.2) is 0 Å². The lowest BCUT2D eigenvalue weighted by Gasteiger charge is -2.08. The van der Waals surface area contributed by atoms with E-state index in [-0.39, 0.29) is 18.6 Å². The molecule has 1 heterocycles. The fraction of sp³-hybridized carbons (Fsp3) is 0.375. The Bertz CT molecular complexity index is 676. The maximum Gasteiger partial charge on any atom is 0.323 e. The Morgan fingerprint density at radius 1 is 1.32 bits per heavy atom. The predicted molar refractivity (Wildman–Crippen MR) is 83.9 cm³/mol. The first-order valence-corrected chi connectivity index (χ1v) is 7.18. The molecule has 0 aliphatic carbocycles.